The number of benzene rings is 1. The highest BCUT2D eigenvalue weighted by Gasteiger charge is 2.15. The van der Waals surface area contributed by atoms with Crippen LogP contribution in [0.15, 0.2) is 21.7 Å². The molecule has 1 aromatic rings. The summed E-state index contributed by atoms with van der Waals surface area (Å²) in [4.78, 5) is 11.1. The Balaban J connectivity index is 2.10. The molecular weight excluding hydrogens is 304 g/mol. The van der Waals surface area contributed by atoms with E-state index < -0.39 is 12.0 Å². The van der Waals surface area contributed by atoms with Crippen LogP contribution in [0.4, 0.5) is 0 Å². The number of halogens is 1. The molecule has 0 aromatic heterocycles. The molecule has 0 saturated carbocycles. The van der Waals surface area contributed by atoms with Gasteiger partial charge in [0.05, 0.1) is 6.21 Å². The molecule has 7 heteroatoms. The molecule has 0 aliphatic carbocycles. The summed E-state index contributed by atoms with van der Waals surface area (Å²) in [6, 6.07) is 3.50. The fourth-order valence-corrected chi connectivity index (χ4v) is 1.72. The average molecular weight is 315 g/mol. The fourth-order valence-electron chi connectivity index (χ4n) is 1.29. The Hall–Kier alpha value is -1.60. The van der Waals surface area contributed by atoms with Crippen molar-refractivity contribution in [2.45, 2.75) is 13.0 Å². The molecule has 18 heavy (non-hydrogen) atoms. The summed E-state index contributed by atoms with van der Waals surface area (Å²) in [6.45, 7) is 1.56. The van der Waals surface area contributed by atoms with Gasteiger partial charge in [-0.25, -0.2) is 5.43 Å². The third-order valence-corrected chi connectivity index (χ3v) is 2.94. The summed E-state index contributed by atoms with van der Waals surface area (Å²) < 4.78 is 11.2. The Morgan fingerprint density at radius 3 is 2.89 bits per heavy atom. The molecule has 0 radical (unpaired) electrons. The number of hydrogen-bond acceptors (Lipinski definition) is 5. The largest absolute Gasteiger partial charge is 0.454 e. The maximum Gasteiger partial charge on any atom is 0.268 e. The molecule has 0 spiro atoms. The third-order valence-electron chi connectivity index (χ3n) is 2.25. The highest BCUT2D eigenvalue weighted by molar-refractivity contribution is 9.10. The van der Waals surface area contributed by atoms with Crippen molar-refractivity contribution < 1.29 is 19.4 Å². The minimum absolute atomic E-state index is 0.196. The minimum atomic E-state index is -1.10. The van der Waals surface area contributed by atoms with E-state index in [1.165, 1.54) is 13.1 Å². The van der Waals surface area contributed by atoms with E-state index in [0.29, 0.717) is 11.5 Å². The van der Waals surface area contributed by atoms with E-state index in [0.717, 1.165) is 10.0 Å². The minimum Gasteiger partial charge on any atom is -0.454 e. The molecule has 6 nitrogen and oxygen atoms in total. The SMILES string of the molecule is CC(O)C(=O)N/N=C\c1cc2c(cc1Br)OCO2. The summed E-state index contributed by atoms with van der Waals surface area (Å²) in [5.74, 6) is 0.719. The summed E-state index contributed by atoms with van der Waals surface area (Å²) in [6.07, 6.45) is 0.356. The van der Waals surface area contributed by atoms with Crippen molar-refractivity contribution in [3.63, 3.8) is 0 Å². The molecule has 0 saturated heterocycles. The number of rotatable bonds is 3. The number of aliphatic hydroxyl groups is 1. The van der Waals surface area contributed by atoms with Gasteiger partial charge in [0.1, 0.15) is 6.10 Å². The summed E-state index contributed by atoms with van der Waals surface area (Å²) in [7, 11) is 0. The first-order valence-electron chi connectivity index (χ1n) is 5.18. The Morgan fingerprint density at radius 2 is 2.22 bits per heavy atom. The maximum absolute atomic E-state index is 11.1. The molecule has 1 atom stereocenters. The topological polar surface area (TPSA) is 80.2 Å². The molecule has 1 heterocycles. The van der Waals surface area contributed by atoms with E-state index in [4.69, 9.17) is 14.6 Å². The highest BCUT2D eigenvalue weighted by atomic mass is 79.9. The zero-order valence-corrected chi connectivity index (χ0v) is 11.1. The van der Waals surface area contributed by atoms with Crippen molar-refractivity contribution in [2.24, 2.45) is 5.10 Å². The van der Waals surface area contributed by atoms with Gasteiger partial charge in [-0.05, 0) is 35.0 Å². The first-order valence-corrected chi connectivity index (χ1v) is 5.97. The van der Waals surface area contributed by atoms with Crippen LogP contribution in [0.5, 0.6) is 11.5 Å². The second-order valence-electron chi connectivity index (χ2n) is 3.64. The average Bonchev–Trinajstić information content (AvgIpc) is 2.75. The first kappa shape index (κ1) is 12.8. The number of fused-ring (bicyclic) bond motifs is 1. The molecule has 1 aromatic carbocycles. The second-order valence-corrected chi connectivity index (χ2v) is 4.49. The van der Waals surface area contributed by atoms with Crippen molar-refractivity contribution in [3.8, 4) is 11.5 Å². The Morgan fingerprint density at radius 1 is 1.56 bits per heavy atom. The summed E-state index contributed by atoms with van der Waals surface area (Å²) >= 11 is 3.36. The zero-order valence-electron chi connectivity index (χ0n) is 9.51. The van der Waals surface area contributed by atoms with E-state index in [9.17, 15) is 4.79 Å². The zero-order chi connectivity index (χ0) is 13.1. The van der Waals surface area contributed by atoms with Gasteiger partial charge in [0, 0.05) is 10.0 Å². The number of hydrogen-bond donors (Lipinski definition) is 2. The molecule has 1 unspecified atom stereocenters. The van der Waals surface area contributed by atoms with Crippen LogP contribution in [0.3, 0.4) is 0 Å². The summed E-state index contributed by atoms with van der Waals surface area (Å²) in [5, 5.41) is 12.7. The van der Waals surface area contributed by atoms with Crippen LogP contribution >= 0.6 is 15.9 Å². The molecule has 2 N–H and O–H groups in total. The number of carbonyl (C=O) groups excluding carboxylic acids is 1. The van der Waals surface area contributed by atoms with Crippen molar-refractivity contribution in [2.75, 3.05) is 6.79 Å². The highest BCUT2D eigenvalue weighted by Crippen LogP contribution is 2.36. The van der Waals surface area contributed by atoms with E-state index in [2.05, 4.69) is 26.5 Å². The molecule has 0 bridgehead atoms. The van der Waals surface area contributed by atoms with Crippen LogP contribution in [0.25, 0.3) is 0 Å². The van der Waals surface area contributed by atoms with Crippen LogP contribution in [0.1, 0.15) is 12.5 Å². The monoisotopic (exact) mass is 314 g/mol. The first-order chi connectivity index (χ1) is 8.58. The molecule has 1 aliphatic heterocycles. The van der Waals surface area contributed by atoms with Gasteiger partial charge in [0.2, 0.25) is 6.79 Å². The van der Waals surface area contributed by atoms with E-state index in [1.54, 1.807) is 12.1 Å². The fraction of sp³-hybridized carbons (Fsp3) is 0.273. The van der Waals surface area contributed by atoms with Gasteiger partial charge < -0.3 is 14.6 Å². The lowest BCUT2D eigenvalue weighted by molar-refractivity contribution is -0.128. The predicted octanol–water partition coefficient (Wildman–Crippen LogP) is 1.01. The van der Waals surface area contributed by atoms with Gasteiger partial charge in [-0.15, -0.1) is 0 Å². The third kappa shape index (κ3) is 2.80. The standard InChI is InChI=1S/C11H11BrN2O4/c1-6(15)11(16)14-13-4-7-2-9-10(3-8(7)12)18-5-17-9/h2-4,6,15H,5H2,1H3,(H,14,16)/b13-4-. The second kappa shape index (κ2) is 5.36. The van der Waals surface area contributed by atoms with Gasteiger partial charge in [-0.2, -0.15) is 5.10 Å². The number of nitrogens with zero attached hydrogens (tertiary/aromatic N) is 1. The van der Waals surface area contributed by atoms with Crippen LogP contribution < -0.4 is 14.9 Å². The van der Waals surface area contributed by atoms with Crippen LogP contribution in [0, 0.1) is 0 Å². The number of nitrogens with one attached hydrogen (secondary N) is 1. The van der Waals surface area contributed by atoms with Crippen molar-refractivity contribution >= 4 is 28.1 Å². The van der Waals surface area contributed by atoms with E-state index >= 15 is 0 Å². The van der Waals surface area contributed by atoms with Gasteiger partial charge >= 0.3 is 0 Å². The molecule has 96 valence electrons. The molecule has 0 fully saturated rings. The Bertz CT molecular complexity index is 502. The Labute approximate surface area is 112 Å². The molecule has 1 amide bonds. The predicted molar refractivity (Wildman–Crippen MR) is 67.7 cm³/mol. The number of hydrazone groups is 1. The Kier molecular flexibility index (Phi) is 3.83. The number of carbonyl (C=O) groups is 1. The van der Waals surface area contributed by atoms with Crippen molar-refractivity contribution in [3.05, 3.63) is 22.2 Å². The lowest BCUT2D eigenvalue weighted by Crippen LogP contribution is -2.28. The quantitative estimate of drug-likeness (QED) is 0.644. The normalized spacial score (nSPS) is 14.8. The molecular formula is C11H11BrN2O4. The number of aliphatic hydroxyl groups excluding tert-OH is 1. The van der Waals surface area contributed by atoms with Gasteiger partial charge in [0.15, 0.2) is 11.5 Å². The van der Waals surface area contributed by atoms with Crippen LogP contribution in [0.2, 0.25) is 0 Å². The molecule has 2 rings (SSSR count). The van der Waals surface area contributed by atoms with Gasteiger partial charge in [-0.3, -0.25) is 4.79 Å². The van der Waals surface area contributed by atoms with Crippen LogP contribution in [-0.4, -0.2) is 30.1 Å². The van der Waals surface area contributed by atoms with E-state index in [-0.39, 0.29) is 6.79 Å². The van der Waals surface area contributed by atoms with Crippen molar-refractivity contribution in [1.82, 2.24) is 5.43 Å². The smallest absolute Gasteiger partial charge is 0.268 e. The van der Waals surface area contributed by atoms with Crippen LogP contribution in [-0.2, 0) is 4.79 Å². The van der Waals surface area contributed by atoms with E-state index in [1.807, 2.05) is 0 Å². The number of amides is 1. The summed E-state index contributed by atoms with van der Waals surface area (Å²) in [5.41, 5.74) is 2.94. The maximum atomic E-state index is 11.1. The lowest BCUT2D eigenvalue weighted by atomic mass is 10.2. The van der Waals surface area contributed by atoms with Crippen molar-refractivity contribution in [1.29, 1.82) is 0 Å². The van der Waals surface area contributed by atoms with Gasteiger partial charge in [0.25, 0.3) is 5.91 Å². The lowest BCUT2D eigenvalue weighted by Gasteiger charge is -2.03. The molecule has 1 aliphatic rings. The van der Waals surface area contributed by atoms with Gasteiger partial charge in [-0.1, -0.05) is 0 Å². The number of ether oxygens (including phenoxy) is 2.